The molecule has 3 nitrogen and oxygen atoms in total. The van der Waals surface area contributed by atoms with Crippen molar-refractivity contribution in [3.63, 3.8) is 0 Å². The molecule has 0 aliphatic rings. The number of hydrogen-bond acceptors (Lipinski definition) is 3. The maximum Gasteiger partial charge on any atom is 0.127 e. The Balaban J connectivity index is 1.46. The molecule has 0 aliphatic carbocycles. The van der Waals surface area contributed by atoms with Gasteiger partial charge in [0.05, 0.1) is 26.9 Å². The first kappa shape index (κ1) is 22.4. The first-order valence-corrected chi connectivity index (χ1v) is 11.6. The van der Waals surface area contributed by atoms with Crippen molar-refractivity contribution in [1.82, 2.24) is 0 Å². The molecule has 4 rings (SSSR count). The molecule has 0 aromatic heterocycles. The van der Waals surface area contributed by atoms with Crippen LogP contribution in [0.4, 0.5) is 0 Å². The third-order valence-electron chi connectivity index (χ3n) is 5.38. The van der Waals surface area contributed by atoms with Gasteiger partial charge in [0.25, 0.3) is 0 Å². The van der Waals surface area contributed by atoms with E-state index in [4.69, 9.17) is 14.2 Å². The van der Waals surface area contributed by atoms with E-state index in [1.54, 1.807) is 7.11 Å². The SMILES string of the molecule is COc1ccc(Cc2ccc(Br)cc2)c2c(OCCCOCc3ccccc3)cccc12. The minimum atomic E-state index is 0.600. The van der Waals surface area contributed by atoms with Gasteiger partial charge in [0.2, 0.25) is 0 Å². The Morgan fingerprint density at radius 2 is 1.53 bits per heavy atom. The van der Waals surface area contributed by atoms with Crippen LogP contribution in [0.15, 0.2) is 89.4 Å². The second-order valence-electron chi connectivity index (χ2n) is 7.65. The maximum absolute atomic E-state index is 6.23. The maximum atomic E-state index is 6.23. The summed E-state index contributed by atoms with van der Waals surface area (Å²) in [7, 11) is 1.71. The van der Waals surface area contributed by atoms with Gasteiger partial charge in [-0.05, 0) is 47.4 Å². The van der Waals surface area contributed by atoms with Gasteiger partial charge in [0.1, 0.15) is 11.5 Å². The molecule has 4 aromatic carbocycles. The number of benzene rings is 4. The summed E-state index contributed by atoms with van der Waals surface area (Å²) >= 11 is 3.51. The van der Waals surface area contributed by atoms with Crippen LogP contribution in [0.3, 0.4) is 0 Å². The largest absolute Gasteiger partial charge is 0.496 e. The Morgan fingerprint density at radius 3 is 2.31 bits per heavy atom. The monoisotopic (exact) mass is 490 g/mol. The number of fused-ring (bicyclic) bond motifs is 1. The summed E-state index contributed by atoms with van der Waals surface area (Å²) in [5.74, 6) is 1.74. The lowest BCUT2D eigenvalue weighted by atomic mass is 9.97. The van der Waals surface area contributed by atoms with Gasteiger partial charge in [0.15, 0.2) is 0 Å². The van der Waals surface area contributed by atoms with Gasteiger partial charge in [0, 0.05) is 21.7 Å². The molecule has 0 bridgehead atoms. The highest BCUT2D eigenvalue weighted by atomic mass is 79.9. The second-order valence-corrected chi connectivity index (χ2v) is 8.56. The smallest absolute Gasteiger partial charge is 0.127 e. The van der Waals surface area contributed by atoms with Crippen LogP contribution in [0.2, 0.25) is 0 Å². The molecule has 164 valence electrons. The number of ether oxygens (including phenoxy) is 3. The Kier molecular flexibility index (Phi) is 7.81. The number of hydrogen-bond donors (Lipinski definition) is 0. The van der Waals surface area contributed by atoms with Crippen LogP contribution >= 0.6 is 15.9 Å². The van der Waals surface area contributed by atoms with E-state index in [1.807, 2.05) is 36.4 Å². The fourth-order valence-corrected chi connectivity index (χ4v) is 4.06. The number of rotatable bonds is 10. The minimum Gasteiger partial charge on any atom is -0.496 e. The minimum absolute atomic E-state index is 0.600. The predicted octanol–water partition coefficient (Wildman–Crippen LogP) is 7.19. The van der Waals surface area contributed by atoms with Crippen molar-refractivity contribution < 1.29 is 14.2 Å². The summed E-state index contributed by atoms with van der Waals surface area (Å²) in [5, 5.41) is 2.18. The lowest BCUT2D eigenvalue weighted by Gasteiger charge is -2.15. The number of halogens is 1. The fraction of sp³-hybridized carbons (Fsp3) is 0.214. The average Bonchev–Trinajstić information content (AvgIpc) is 2.83. The van der Waals surface area contributed by atoms with Crippen LogP contribution in [-0.2, 0) is 17.8 Å². The Labute approximate surface area is 198 Å². The summed E-state index contributed by atoms with van der Waals surface area (Å²) in [6.45, 7) is 1.89. The molecular weight excluding hydrogens is 464 g/mol. The Hall–Kier alpha value is -2.82. The van der Waals surface area contributed by atoms with Gasteiger partial charge >= 0.3 is 0 Å². The highest BCUT2D eigenvalue weighted by Gasteiger charge is 2.12. The second kappa shape index (κ2) is 11.2. The first-order chi connectivity index (χ1) is 15.7. The van der Waals surface area contributed by atoms with Crippen LogP contribution in [-0.4, -0.2) is 20.3 Å². The third kappa shape index (κ3) is 5.70. The molecule has 0 heterocycles. The van der Waals surface area contributed by atoms with Crippen LogP contribution in [0, 0.1) is 0 Å². The van der Waals surface area contributed by atoms with Crippen LogP contribution in [0.25, 0.3) is 10.8 Å². The molecule has 0 spiro atoms. The van der Waals surface area contributed by atoms with Gasteiger partial charge in [-0.3, -0.25) is 0 Å². The zero-order valence-electron chi connectivity index (χ0n) is 18.2. The van der Waals surface area contributed by atoms with Gasteiger partial charge in [-0.25, -0.2) is 0 Å². The van der Waals surface area contributed by atoms with E-state index < -0.39 is 0 Å². The van der Waals surface area contributed by atoms with Crippen molar-refractivity contribution in [3.8, 4) is 11.5 Å². The predicted molar refractivity (Wildman–Crippen MR) is 134 cm³/mol. The highest BCUT2D eigenvalue weighted by molar-refractivity contribution is 9.10. The van der Waals surface area contributed by atoms with E-state index in [0.717, 1.165) is 39.6 Å². The van der Waals surface area contributed by atoms with Gasteiger partial charge in [-0.1, -0.05) is 76.6 Å². The quantitative estimate of drug-likeness (QED) is 0.220. The van der Waals surface area contributed by atoms with E-state index in [9.17, 15) is 0 Å². The van der Waals surface area contributed by atoms with Crippen molar-refractivity contribution in [2.75, 3.05) is 20.3 Å². The topological polar surface area (TPSA) is 27.7 Å². The molecule has 0 saturated heterocycles. The summed E-state index contributed by atoms with van der Waals surface area (Å²) < 4.78 is 18.7. The van der Waals surface area contributed by atoms with E-state index in [-0.39, 0.29) is 0 Å². The number of methoxy groups -OCH3 is 1. The van der Waals surface area contributed by atoms with Crippen molar-refractivity contribution in [3.05, 3.63) is 106 Å². The Bertz CT molecular complexity index is 1140. The lowest BCUT2D eigenvalue weighted by Crippen LogP contribution is -2.04. The molecule has 4 heteroatoms. The van der Waals surface area contributed by atoms with Crippen molar-refractivity contribution in [2.45, 2.75) is 19.4 Å². The van der Waals surface area contributed by atoms with Crippen LogP contribution < -0.4 is 9.47 Å². The standard InChI is InChI=1S/C28H27BrO3/c1-30-26-16-13-23(19-21-11-14-24(29)15-12-21)28-25(26)9-5-10-27(28)32-18-6-17-31-20-22-7-3-2-4-8-22/h2-5,7-16H,6,17-20H2,1H3. The molecule has 0 radical (unpaired) electrons. The normalized spacial score (nSPS) is 10.9. The fourth-order valence-electron chi connectivity index (χ4n) is 3.79. The van der Waals surface area contributed by atoms with Gasteiger partial charge < -0.3 is 14.2 Å². The molecule has 0 aliphatic heterocycles. The van der Waals surface area contributed by atoms with E-state index in [2.05, 4.69) is 64.5 Å². The Morgan fingerprint density at radius 1 is 0.719 bits per heavy atom. The molecule has 0 amide bonds. The summed E-state index contributed by atoms with van der Waals surface area (Å²) in [6.07, 6.45) is 1.66. The van der Waals surface area contributed by atoms with Crippen LogP contribution in [0.1, 0.15) is 23.1 Å². The molecule has 32 heavy (non-hydrogen) atoms. The average molecular weight is 491 g/mol. The molecule has 0 N–H and O–H groups in total. The van der Waals surface area contributed by atoms with Crippen LogP contribution in [0.5, 0.6) is 11.5 Å². The molecule has 0 unspecified atom stereocenters. The summed E-state index contributed by atoms with van der Waals surface area (Å²) in [5.41, 5.74) is 3.66. The van der Waals surface area contributed by atoms with Gasteiger partial charge in [-0.15, -0.1) is 0 Å². The van der Waals surface area contributed by atoms with Crippen molar-refractivity contribution in [1.29, 1.82) is 0 Å². The summed E-state index contributed by atoms with van der Waals surface area (Å²) in [4.78, 5) is 0. The molecule has 0 fully saturated rings. The van der Waals surface area contributed by atoms with Gasteiger partial charge in [-0.2, -0.15) is 0 Å². The summed E-state index contributed by atoms with van der Waals surface area (Å²) in [6, 6.07) is 29.0. The molecule has 0 atom stereocenters. The van der Waals surface area contributed by atoms with E-state index in [0.29, 0.717) is 19.8 Å². The lowest BCUT2D eigenvalue weighted by molar-refractivity contribution is 0.107. The van der Waals surface area contributed by atoms with E-state index >= 15 is 0 Å². The molecule has 0 saturated carbocycles. The zero-order chi connectivity index (χ0) is 22.2. The van der Waals surface area contributed by atoms with Crippen molar-refractivity contribution >= 4 is 26.7 Å². The third-order valence-corrected chi connectivity index (χ3v) is 5.91. The molecule has 4 aromatic rings. The molecular formula is C28H27BrO3. The van der Waals surface area contributed by atoms with Crippen molar-refractivity contribution in [2.24, 2.45) is 0 Å². The highest BCUT2D eigenvalue weighted by Crippen LogP contribution is 2.36. The van der Waals surface area contributed by atoms with E-state index in [1.165, 1.54) is 16.7 Å². The zero-order valence-corrected chi connectivity index (χ0v) is 19.8. The first-order valence-electron chi connectivity index (χ1n) is 10.8.